The monoisotopic (exact) mass is 305 g/mol. The maximum atomic E-state index is 12.0. The number of aromatic nitrogens is 2. The van der Waals surface area contributed by atoms with Crippen molar-refractivity contribution < 1.29 is 9.53 Å². The van der Waals surface area contributed by atoms with Gasteiger partial charge in [-0.1, -0.05) is 0 Å². The van der Waals surface area contributed by atoms with Crippen molar-refractivity contribution in [1.29, 1.82) is 0 Å². The predicted molar refractivity (Wildman–Crippen MR) is 82.7 cm³/mol. The molecule has 0 saturated carbocycles. The Hall–Kier alpha value is -1.73. The molecule has 2 aliphatic rings. The first kappa shape index (κ1) is 15.2. The molecule has 0 spiro atoms. The van der Waals surface area contributed by atoms with Gasteiger partial charge in [0.1, 0.15) is 0 Å². The number of anilines is 1. The number of carbonyl (C=O) groups excluding carboxylic acids is 1. The molecule has 22 heavy (non-hydrogen) atoms. The van der Waals surface area contributed by atoms with Gasteiger partial charge in [-0.2, -0.15) is 0 Å². The summed E-state index contributed by atoms with van der Waals surface area (Å²) in [4.78, 5) is 24.8. The molecular formula is C15H23N5O2. The molecule has 1 amide bonds. The molecule has 3 heterocycles. The van der Waals surface area contributed by atoms with Crippen LogP contribution in [0.15, 0.2) is 18.5 Å². The summed E-state index contributed by atoms with van der Waals surface area (Å²) in [6.07, 6.45) is 5.87. The van der Waals surface area contributed by atoms with Gasteiger partial charge in [-0.3, -0.25) is 9.69 Å². The zero-order valence-electron chi connectivity index (χ0n) is 12.8. The summed E-state index contributed by atoms with van der Waals surface area (Å²) >= 11 is 0. The minimum atomic E-state index is 0.0833. The van der Waals surface area contributed by atoms with Crippen LogP contribution in [0.5, 0.6) is 0 Å². The van der Waals surface area contributed by atoms with E-state index in [0.29, 0.717) is 13.1 Å². The third kappa shape index (κ3) is 4.14. The van der Waals surface area contributed by atoms with E-state index < -0.39 is 0 Å². The van der Waals surface area contributed by atoms with Crippen LogP contribution in [0, 0.1) is 0 Å². The maximum absolute atomic E-state index is 12.0. The SMILES string of the molecule is O=C(CN1CCN(c2ncccn2)CC1)NC[C@H]1CCCO1. The van der Waals surface area contributed by atoms with Crippen molar-refractivity contribution in [2.24, 2.45) is 0 Å². The van der Waals surface area contributed by atoms with E-state index in [1.54, 1.807) is 12.4 Å². The molecule has 1 atom stereocenters. The second-order valence-electron chi connectivity index (χ2n) is 5.75. The maximum Gasteiger partial charge on any atom is 0.234 e. The summed E-state index contributed by atoms with van der Waals surface area (Å²) in [5.74, 6) is 0.852. The van der Waals surface area contributed by atoms with E-state index >= 15 is 0 Å². The number of amides is 1. The van der Waals surface area contributed by atoms with Crippen molar-refractivity contribution in [3.8, 4) is 0 Å². The first-order valence-electron chi connectivity index (χ1n) is 7.94. The summed E-state index contributed by atoms with van der Waals surface area (Å²) < 4.78 is 5.51. The lowest BCUT2D eigenvalue weighted by atomic mass is 10.2. The van der Waals surface area contributed by atoms with E-state index in [0.717, 1.165) is 51.6 Å². The van der Waals surface area contributed by atoms with Gasteiger partial charge in [0.05, 0.1) is 12.6 Å². The van der Waals surface area contributed by atoms with Gasteiger partial charge in [0.2, 0.25) is 11.9 Å². The van der Waals surface area contributed by atoms with Gasteiger partial charge in [-0.05, 0) is 18.9 Å². The summed E-state index contributed by atoms with van der Waals surface area (Å²) in [7, 11) is 0. The Bertz CT molecular complexity index is 470. The topological polar surface area (TPSA) is 70.6 Å². The molecular weight excluding hydrogens is 282 g/mol. The molecule has 2 saturated heterocycles. The van der Waals surface area contributed by atoms with E-state index in [4.69, 9.17) is 4.74 Å². The Balaban J connectivity index is 1.37. The zero-order chi connectivity index (χ0) is 15.2. The van der Waals surface area contributed by atoms with Crippen molar-refractivity contribution in [2.45, 2.75) is 18.9 Å². The Kier molecular flexibility index (Phi) is 5.18. The van der Waals surface area contributed by atoms with Crippen LogP contribution < -0.4 is 10.2 Å². The predicted octanol–water partition coefficient (Wildman–Crippen LogP) is -0.106. The summed E-state index contributed by atoms with van der Waals surface area (Å²) in [6, 6.07) is 1.82. The van der Waals surface area contributed by atoms with Gasteiger partial charge in [0.15, 0.2) is 0 Å². The average molecular weight is 305 g/mol. The number of hydrogen-bond donors (Lipinski definition) is 1. The molecule has 7 nitrogen and oxygen atoms in total. The summed E-state index contributed by atoms with van der Waals surface area (Å²) in [5, 5.41) is 2.97. The van der Waals surface area contributed by atoms with Crippen molar-refractivity contribution in [3.05, 3.63) is 18.5 Å². The van der Waals surface area contributed by atoms with E-state index in [-0.39, 0.29) is 12.0 Å². The summed E-state index contributed by atoms with van der Waals surface area (Å²) in [6.45, 7) is 5.32. The normalized spacial score (nSPS) is 22.7. The van der Waals surface area contributed by atoms with Gasteiger partial charge in [0.25, 0.3) is 0 Å². The van der Waals surface area contributed by atoms with Gasteiger partial charge in [-0.25, -0.2) is 9.97 Å². The van der Waals surface area contributed by atoms with Gasteiger partial charge < -0.3 is 15.0 Å². The number of carbonyl (C=O) groups is 1. The molecule has 1 aromatic rings. The van der Waals surface area contributed by atoms with Crippen molar-refractivity contribution in [1.82, 2.24) is 20.2 Å². The lowest BCUT2D eigenvalue weighted by molar-refractivity contribution is -0.122. The highest BCUT2D eigenvalue weighted by Gasteiger charge is 2.21. The van der Waals surface area contributed by atoms with Crippen molar-refractivity contribution in [3.63, 3.8) is 0 Å². The van der Waals surface area contributed by atoms with E-state index in [1.165, 1.54) is 0 Å². The third-order valence-corrected chi connectivity index (χ3v) is 4.13. The minimum absolute atomic E-state index is 0.0833. The number of piperazine rings is 1. The highest BCUT2D eigenvalue weighted by Crippen LogP contribution is 2.11. The van der Waals surface area contributed by atoms with Crippen molar-refractivity contribution in [2.75, 3.05) is 50.8 Å². The smallest absolute Gasteiger partial charge is 0.234 e. The molecule has 2 aliphatic heterocycles. The lowest BCUT2D eigenvalue weighted by Crippen LogP contribution is -2.50. The minimum Gasteiger partial charge on any atom is -0.376 e. The Morgan fingerprint density at radius 2 is 2.05 bits per heavy atom. The standard InChI is InChI=1S/C15H23N5O2/c21-14(18-11-13-3-1-10-22-13)12-19-6-8-20(9-7-19)15-16-4-2-5-17-15/h2,4-5,13H,1,3,6-12H2,(H,18,21)/t13-/m1/s1. The van der Waals surface area contributed by atoms with Gasteiger partial charge in [0, 0.05) is 51.7 Å². The molecule has 7 heteroatoms. The van der Waals surface area contributed by atoms with Crippen LogP contribution in [0.4, 0.5) is 5.95 Å². The summed E-state index contributed by atoms with van der Waals surface area (Å²) in [5.41, 5.74) is 0. The lowest BCUT2D eigenvalue weighted by Gasteiger charge is -2.34. The van der Waals surface area contributed by atoms with Crippen LogP contribution in [0.1, 0.15) is 12.8 Å². The first-order valence-corrected chi connectivity index (χ1v) is 7.94. The molecule has 0 unspecified atom stereocenters. The zero-order valence-corrected chi connectivity index (χ0v) is 12.8. The largest absolute Gasteiger partial charge is 0.376 e. The fourth-order valence-electron chi connectivity index (χ4n) is 2.85. The number of nitrogens with zero attached hydrogens (tertiary/aromatic N) is 4. The number of hydrogen-bond acceptors (Lipinski definition) is 6. The fraction of sp³-hybridized carbons (Fsp3) is 0.667. The van der Waals surface area contributed by atoms with Crippen LogP contribution in [0.25, 0.3) is 0 Å². The van der Waals surface area contributed by atoms with Crippen LogP contribution in [-0.4, -0.2) is 72.8 Å². The van der Waals surface area contributed by atoms with Gasteiger partial charge in [-0.15, -0.1) is 0 Å². The first-order chi connectivity index (χ1) is 10.8. The fourth-order valence-corrected chi connectivity index (χ4v) is 2.85. The third-order valence-electron chi connectivity index (χ3n) is 4.13. The Morgan fingerprint density at radius 1 is 1.27 bits per heavy atom. The molecule has 0 radical (unpaired) electrons. The molecule has 2 fully saturated rings. The highest BCUT2D eigenvalue weighted by atomic mass is 16.5. The Morgan fingerprint density at radius 3 is 2.73 bits per heavy atom. The molecule has 1 N–H and O–H groups in total. The van der Waals surface area contributed by atoms with E-state index in [1.807, 2.05) is 6.07 Å². The number of ether oxygens (including phenoxy) is 1. The molecule has 3 rings (SSSR count). The molecule has 0 bridgehead atoms. The van der Waals surface area contributed by atoms with Crippen LogP contribution >= 0.6 is 0 Å². The van der Waals surface area contributed by atoms with E-state index in [2.05, 4.69) is 25.1 Å². The highest BCUT2D eigenvalue weighted by molar-refractivity contribution is 5.78. The van der Waals surface area contributed by atoms with E-state index in [9.17, 15) is 4.79 Å². The molecule has 0 aromatic carbocycles. The van der Waals surface area contributed by atoms with Crippen LogP contribution in [0.3, 0.4) is 0 Å². The number of rotatable bonds is 5. The van der Waals surface area contributed by atoms with Gasteiger partial charge >= 0.3 is 0 Å². The second-order valence-corrected chi connectivity index (χ2v) is 5.75. The number of nitrogens with one attached hydrogen (secondary N) is 1. The van der Waals surface area contributed by atoms with Crippen LogP contribution in [0.2, 0.25) is 0 Å². The second kappa shape index (κ2) is 7.51. The quantitative estimate of drug-likeness (QED) is 0.819. The Labute approximate surface area is 130 Å². The molecule has 1 aromatic heterocycles. The average Bonchev–Trinajstić information content (AvgIpc) is 3.08. The van der Waals surface area contributed by atoms with Crippen LogP contribution in [-0.2, 0) is 9.53 Å². The van der Waals surface area contributed by atoms with Crippen molar-refractivity contribution >= 4 is 11.9 Å². The molecule has 120 valence electrons. The molecule has 0 aliphatic carbocycles.